The highest BCUT2D eigenvalue weighted by Gasteiger charge is 2.33. The van der Waals surface area contributed by atoms with E-state index >= 15 is 0 Å². The normalized spacial score (nSPS) is 24.6. The number of rotatable bonds is 1. The van der Waals surface area contributed by atoms with Crippen molar-refractivity contribution in [1.29, 1.82) is 0 Å². The smallest absolute Gasteiger partial charge is 0.393 e. The number of alkyl halides is 3. The van der Waals surface area contributed by atoms with Crippen LogP contribution in [0.25, 0.3) is 0 Å². The fraction of sp³-hybridized carbons (Fsp3) is 0.583. The summed E-state index contributed by atoms with van der Waals surface area (Å²) in [4.78, 5) is 5.66. The predicted octanol–water partition coefficient (Wildman–Crippen LogP) is 2.96. The minimum atomic E-state index is -4.44. The van der Waals surface area contributed by atoms with Gasteiger partial charge in [0.15, 0.2) is 0 Å². The second-order valence-electron chi connectivity index (χ2n) is 4.81. The van der Waals surface area contributed by atoms with E-state index in [-0.39, 0.29) is 16.9 Å². The largest absolute Gasteiger partial charge is 0.416 e. The SMILES string of the molecule is CC1CN(c2cc(C(F)(F)F)cc(Cl)n2)CCC1O. The van der Waals surface area contributed by atoms with Gasteiger partial charge >= 0.3 is 6.18 Å². The molecule has 0 bridgehead atoms. The van der Waals surface area contributed by atoms with Gasteiger partial charge in [-0.05, 0) is 24.5 Å². The van der Waals surface area contributed by atoms with Gasteiger partial charge in [0.2, 0.25) is 0 Å². The zero-order chi connectivity index (χ0) is 14.2. The summed E-state index contributed by atoms with van der Waals surface area (Å²) in [7, 11) is 0. The molecule has 0 aromatic carbocycles. The third kappa shape index (κ3) is 3.30. The van der Waals surface area contributed by atoms with Crippen LogP contribution in [0.15, 0.2) is 12.1 Å². The third-order valence-electron chi connectivity index (χ3n) is 3.29. The minimum Gasteiger partial charge on any atom is -0.393 e. The summed E-state index contributed by atoms with van der Waals surface area (Å²) in [5.74, 6) is 0.197. The molecule has 1 aromatic rings. The Morgan fingerprint density at radius 2 is 2.11 bits per heavy atom. The van der Waals surface area contributed by atoms with Crippen molar-refractivity contribution in [2.75, 3.05) is 18.0 Å². The minimum absolute atomic E-state index is 0.0103. The number of halogens is 4. The first-order valence-electron chi connectivity index (χ1n) is 5.95. The number of aliphatic hydroxyl groups is 1. The van der Waals surface area contributed by atoms with Gasteiger partial charge in [0.25, 0.3) is 0 Å². The van der Waals surface area contributed by atoms with Gasteiger partial charge in [0.1, 0.15) is 11.0 Å². The van der Waals surface area contributed by atoms with Gasteiger partial charge in [-0.2, -0.15) is 13.2 Å². The molecule has 1 saturated heterocycles. The lowest BCUT2D eigenvalue weighted by atomic mass is 9.97. The average Bonchev–Trinajstić information content (AvgIpc) is 2.31. The molecule has 0 radical (unpaired) electrons. The van der Waals surface area contributed by atoms with E-state index in [0.29, 0.717) is 19.5 Å². The average molecular weight is 295 g/mol. The van der Waals surface area contributed by atoms with E-state index < -0.39 is 17.8 Å². The van der Waals surface area contributed by atoms with Crippen LogP contribution in [0.2, 0.25) is 5.15 Å². The molecule has 1 aromatic heterocycles. The Morgan fingerprint density at radius 3 is 2.68 bits per heavy atom. The van der Waals surface area contributed by atoms with Crippen molar-refractivity contribution in [2.24, 2.45) is 5.92 Å². The standard InChI is InChI=1S/C12H14ClF3N2O/c1-7-6-18(3-2-9(7)19)11-5-8(12(14,15)16)4-10(13)17-11/h4-5,7,9,19H,2-3,6H2,1H3. The van der Waals surface area contributed by atoms with Crippen molar-refractivity contribution in [1.82, 2.24) is 4.98 Å². The van der Waals surface area contributed by atoms with Crippen LogP contribution in [0.1, 0.15) is 18.9 Å². The van der Waals surface area contributed by atoms with Crippen molar-refractivity contribution in [2.45, 2.75) is 25.6 Å². The molecule has 2 unspecified atom stereocenters. The number of hydrogen-bond donors (Lipinski definition) is 1. The Kier molecular flexibility index (Phi) is 3.92. The molecule has 3 nitrogen and oxygen atoms in total. The number of anilines is 1. The summed E-state index contributed by atoms with van der Waals surface area (Å²) in [6, 6.07) is 1.81. The lowest BCUT2D eigenvalue weighted by molar-refractivity contribution is -0.137. The molecule has 1 aliphatic rings. The first-order valence-corrected chi connectivity index (χ1v) is 6.33. The second kappa shape index (κ2) is 5.17. The molecule has 2 atom stereocenters. The van der Waals surface area contributed by atoms with Gasteiger partial charge in [0.05, 0.1) is 11.7 Å². The van der Waals surface area contributed by atoms with Gasteiger partial charge in [-0.25, -0.2) is 4.98 Å². The molecule has 1 aliphatic heterocycles. The van der Waals surface area contributed by atoms with Crippen LogP contribution in [0.5, 0.6) is 0 Å². The summed E-state index contributed by atoms with van der Waals surface area (Å²) in [5.41, 5.74) is -0.804. The maximum atomic E-state index is 12.7. The molecule has 0 amide bonds. The van der Waals surface area contributed by atoms with Gasteiger partial charge in [-0.3, -0.25) is 0 Å². The van der Waals surface area contributed by atoms with E-state index in [1.54, 1.807) is 4.90 Å². The van der Waals surface area contributed by atoms with Crippen molar-refractivity contribution >= 4 is 17.4 Å². The van der Waals surface area contributed by atoms with Gasteiger partial charge in [0, 0.05) is 13.1 Å². The zero-order valence-electron chi connectivity index (χ0n) is 10.3. The molecule has 19 heavy (non-hydrogen) atoms. The first-order chi connectivity index (χ1) is 8.77. The Hall–Kier alpha value is -1.01. The molecule has 2 heterocycles. The molecule has 106 valence electrons. The van der Waals surface area contributed by atoms with E-state index in [0.717, 1.165) is 12.1 Å². The molecule has 1 fully saturated rings. The van der Waals surface area contributed by atoms with Crippen LogP contribution in [-0.4, -0.2) is 29.3 Å². The maximum Gasteiger partial charge on any atom is 0.416 e. The Balaban J connectivity index is 2.28. The number of piperidine rings is 1. The second-order valence-corrected chi connectivity index (χ2v) is 5.20. The van der Waals surface area contributed by atoms with E-state index in [1.807, 2.05) is 6.92 Å². The summed E-state index contributed by atoms with van der Waals surface area (Å²) >= 11 is 5.65. The molecule has 7 heteroatoms. The molecule has 0 aliphatic carbocycles. The van der Waals surface area contributed by atoms with Gasteiger partial charge in [-0.15, -0.1) is 0 Å². The van der Waals surface area contributed by atoms with E-state index in [2.05, 4.69) is 4.98 Å². The number of aromatic nitrogens is 1. The predicted molar refractivity (Wildman–Crippen MR) is 66.2 cm³/mol. The summed E-state index contributed by atoms with van der Waals surface area (Å²) in [5, 5.41) is 9.45. The number of hydrogen-bond acceptors (Lipinski definition) is 3. The lowest BCUT2D eigenvalue weighted by Crippen LogP contribution is -2.42. The van der Waals surface area contributed by atoms with Crippen LogP contribution in [-0.2, 0) is 6.18 Å². The number of nitrogens with zero attached hydrogens (tertiary/aromatic N) is 2. The number of aliphatic hydroxyl groups excluding tert-OH is 1. The van der Waals surface area contributed by atoms with Gasteiger partial charge < -0.3 is 10.0 Å². The lowest BCUT2D eigenvalue weighted by Gasteiger charge is -2.35. The molecule has 2 rings (SSSR count). The topological polar surface area (TPSA) is 36.4 Å². The summed E-state index contributed by atoms with van der Waals surface area (Å²) < 4.78 is 38.1. The van der Waals surface area contributed by atoms with Crippen LogP contribution in [0.4, 0.5) is 19.0 Å². The van der Waals surface area contributed by atoms with E-state index in [9.17, 15) is 18.3 Å². The fourth-order valence-electron chi connectivity index (χ4n) is 2.15. The highest BCUT2D eigenvalue weighted by molar-refractivity contribution is 6.29. The van der Waals surface area contributed by atoms with Crippen molar-refractivity contribution in [3.8, 4) is 0 Å². The first kappa shape index (κ1) is 14.4. The Labute approximate surface area is 114 Å². The van der Waals surface area contributed by atoms with Crippen LogP contribution in [0.3, 0.4) is 0 Å². The van der Waals surface area contributed by atoms with Crippen molar-refractivity contribution in [3.63, 3.8) is 0 Å². The Morgan fingerprint density at radius 1 is 1.42 bits per heavy atom. The summed E-state index contributed by atoms with van der Waals surface area (Å²) in [6.07, 6.45) is -4.35. The third-order valence-corrected chi connectivity index (χ3v) is 3.49. The van der Waals surface area contributed by atoms with Crippen molar-refractivity contribution in [3.05, 3.63) is 22.8 Å². The zero-order valence-corrected chi connectivity index (χ0v) is 11.0. The van der Waals surface area contributed by atoms with Crippen LogP contribution in [0, 0.1) is 5.92 Å². The molecule has 1 N–H and O–H groups in total. The molecule has 0 saturated carbocycles. The molecular formula is C12H14ClF3N2O. The Bertz CT molecular complexity index is 467. The molecular weight excluding hydrogens is 281 g/mol. The number of pyridine rings is 1. The van der Waals surface area contributed by atoms with Crippen molar-refractivity contribution < 1.29 is 18.3 Å². The molecule has 0 spiro atoms. The van der Waals surface area contributed by atoms with E-state index in [1.165, 1.54) is 0 Å². The highest BCUT2D eigenvalue weighted by Crippen LogP contribution is 2.33. The van der Waals surface area contributed by atoms with Crippen LogP contribution >= 0.6 is 11.6 Å². The quantitative estimate of drug-likeness (QED) is 0.809. The maximum absolute atomic E-state index is 12.7. The van der Waals surface area contributed by atoms with Crippen LogP contribution < -0.4 is 4.90 Å². The summed E-state index contributed by atoms with van der Waals surface area (Å²) in [6.45, 7) is 2.79. The monoisotopic (exact) mass is 294 g/mol. The highest BCUT2D eigenvalue weighted by atomic mass is 35.5. The van der Waals surface area contributed by atoms with Gasteiger partial charge in [-0.1, -0.05) is 18.5 Å². The van der Waals surface area contributed by atoms with E-state index in [4.69, 9.17) is 11.6 Å². The fourth-order valence-corrected chi connectivity index (χ4v) is 2.35.